The van der Waals surface area contributed by atoms with E-state index in [1.54, 1.807) is 6.07 Å². The number of aromatic nitrogens is 1. The standard InChI is InChI=1S/C16H25FN2/c1-4-14(16-8-6-13(17)10-18-16)19-15-7-5-11(2)9-12(15)3/h6,8,10-12,14-15,19H,4-5,7,9H2,1-3H3. The van der Waals surface area contributed by atoms with Gasteiger partial charge >= 0.3 is 0 Å². The Balaban J connectivity index is 2.01. The predicted molar refractivity (Wildman–Crippen MR) is 76.3 cm³/mol. The first-order valence-electron chi connectivity index (χ1n) is 7.47. The first-order valence-corrected chi connectivity index (χ1v) is 7.47. The Labute approximate surface area is 115 Å². The van der Waals surface area contributed by atoms with Crippen molar-refractivity contribution in [2.45, 2.75) is 58.5 Å². The average molecular weight is 264 g/mol. The molecule has 2 nitrogen and oxygen atoms in total. The molecule has 4 unspecified atom stereocenters. The third kappa shape index (κ3) is 3.75. The van der Waals surface area contributed by atoms with Crippen molar-refractivity contribution in [3.8, 4) is 0 Å². The van der Waals surface area contributed by atoms with Crippen molar-refractivity contribution in [1.82, 2.24) is 10.3 Å². The third-order valence-corrected chi connectivity index (χ3v) is 4.36. The summed E-state index contributed by atoms with van der Waals surface area (Å²) in [4.78, 5) is 4.22. The van der Waals surface area contributed by atoms with Crippen LogP contribution in [0.1, 0.15) is 58.2 Å². The molecule has 0 spiro atoms. The van der Waals surface area contributed by atoms with E-state index < -0.39 is 0 Å². The van der Waals surface area contributed by atoms with Gasteiger partial charge in [-0.3, -0.25) is 4.98 Å². The molecule has 0 bridgehead atoms. The Hall–Kier alpha value is -0.960. The minimum atomic E-state index is -0.265. The van der Waals surface area contributed by atoms with E-state index in [-0.39, 0.29) is 11.9 Å². The van der Waals surface area contributed by atoms with E-state index in [0.29, 0.717) is 12.0 Å². The lowest BCUT2D eigenvalue weighted by Crippen LogP contribution is -2.41. The summed E-state index contributed by atoms with van der Waals surface area (Å²) in [5.74, 6) is 1.29. The number of nitrogens with one attached hydrogen (secondary N) is 1. The zero-order chi connectivity index (χ0) is 13.8. The Kier molecular flexibility index (Phi) is 4.92. The van der Waals surface area contributed by atoms with Crippen LogP contribution in [0, 0.1) is 17.7 Å². The van der Waals surface area contributed by atoms with Crippen LogP contribution in [0.2, 0.25) is 0 Å². The maximum Gasteiger partial charge on any atom is 0.141 e. The van der Waals surface area contributed by atoms with Crippen LogP contribution in [-0.2, 0) is 0 Å². The monoisotopic (exact) mass is 264 g/mol. The fraction of sp³-hybridized carbons (Fsp3) is 0.688. The van der Waals surface area contributed by atoms with Crippen LogP contribution in [0.15, 0.2) is 18.3 Å². The third-order valence-electron chi connectivity index (χ3n) is 4.36. The van der Waals surface area contributed by atoms with Gasteiger partial charge in [0, 0.05) is 12.1 Å². The van der Waals surface area contributed by atoms with Crippen LogP contribution >= 0.6 is 0 Å². The van der Waals surface area contributed by atoms with Crippen LogP contribution in [0.3, 0.4) is 0 Å². The van der Waals surface area contributed by atoms with Crippen molar-refractivity contribution in [1.29, 1.82) is 0 Å². The molecule has 19 heavy (non-hydrogen) atoms. The highest BCUT2D eigenvalue weighted by atomic mass is 19.1. The highest BCUT2D eigenvalue weighted by molar-refractivity contribution is 5.10. The van der Waals surface area contributed by atoms with Gasteiger partial charge in [0.15, 0.2) is 0 Å². The fourth-order valence-electron chi connectivity index (χ4n) is 3.18. The van der Waals surface area contributed by atoms with E-state index in [2.05, 4.69) is 31.1 Å². The number of hydrogen-bond donors (Lipinski definition) is 1. The van der Waals surface area contributed by atoms with Gasteiger partial charge < -0.3 is 5.32 Å². The minimum absolute atomic E-state index is 0.237. The number of halogens is 1. The molecular weight excluding hydrogens is 239 g/mol. The van der Waals surface area contributed by atoms with Crippen molar-refractivity contribution in [2.75, 3.05) is 0 Å². The molecule has 1 fully saturated rings. The van der Waals surface area contributed by atoms with Gasteiger partial charge in [0.25, 0.3) is 0 Å². The molecule has 2 rings (SSSR count). The van der Waals surface area contributed by atoms with E-state index in [4.69, 9.17) is 0 Å². The molecular formula is C16H25FN2. The first-order chi connectivity index (χ1) is 9.10. The van der Waals surface area contributed by atoms with Gasteiger partial charge in [0.1, 0.15) is 5.82 Å². The molecule has 0 radical (unpaired) electrons. The maximum absolute atomic E-state index is 12.9. The summed E-state index contributed by atoms with van der Waals surface area (Å²) in [6.45, 7) is 6.82. The largest absolute Gasteiger partial charge is 0.306 e. The van der Waals surface area contributed by atoms with Gasteiger partial charge in [-0.25, -0.2) is 4.39 Å². The van der Waals surface area contributed by atoms with E-state index in [9.17, 15) is 4.39 Å². The lowest BCUT2D eigenvalue weighted by atomic mass is 9.79. The van der Waals surface area contributed by atoms with Gasteiger partial charge in [-0.05, 0) is 49.7 Å². The predicted octanol–water partition coefficient (Wildman–Crippen LogP) is 4.09. The van der Waals surface area contributed by atoms with Crippen molar-refractivity contribution >= 4 is 0 Å². The minimum Gasteiger partial charge on any atom is -0.306 e. The Morgan fingerprint density at radius 2 is 2.16 bits per heavy atom. The maximum atomic E-state index is 12.9. The zero-order valence-electron chi connectivity index (χ0n) is 12.2. The molecule has 106 valence electrons. The second kappa shape index (κ2) is 6.47. The normalized spacial score (nSPS) is 29.2. The first kappa shape index (κ1) is 14.4. The Morgan fingerprint density at radius 1 is 1.37 bits per heavy atom. The van der Waals surface area contributed by atoms with Crippen LogP contribution in [0.5, 0.6) is 0 Å². The Bertz CT molecular complexity index is 390. The van der Waals surface area contributed by atoms with E-state index in [0.717, 1.165) is 18.0 Å². The van der Waals surface area contributed by atoms with Gasteiger partial charge in [-0.15, -0.1) is 0 Å². The molecule has 0 amide bonds. The molecule has 0 aliphatic heterocycles. The topological polar surface area (TPSA) is 24.9 Å². The number of hydrogen-bond acceptors (Lipinski definition) is 2. The van der Waals surface area contributed by atoms with Crippen LogP contribution < -0.4 is 5.32 Å². The van der Waals surface area contributed by atoms with Gasteiger partial charge in [0.2, 0.25) is 0 Å². The summed E-state index contributed by atoms with van der Waals surface area (Å²) in [6.07, 6.45) is 6.13. The molecule has 1 aliphatic rings. The number of pyridine rings is 1. The van der Waals surface area contributed by atoms with Crippen molar-refractivity contribution in [3.63, 3.8) is 0 Å². The summed E-state index contributed by atoms with van der Waals surface area (Å²) < 4.78 is 12.9. The van der Waals surface area contributed by atoms with Gasteiger partial charge in [-0.2, -0.15) is 0 Å². The van der Waals surface area contributed by atoms with Crippen LogP contribution in [-0.4, -0.2) is 11.0 Å². The van der Waals surface area contributed by atoms with E-state index in [1.807, 2.05) is 0 Å². The summed E-state index contributed by atoms with van der Waals surface area (Å²) in [6, 6.07) is 4.10. The summed E-state index contributed by atoms with van der Waals surface area (Å²) in [5, 5.41) is 3.73. The van der Waals surface area contributed by atoms with Gasteiger partial charge in [-0.1, -0.05) is 20.8 Å². The molecule has 1 heterocycles. The Morgan fingerprint density at radius 3 is 2.74 bits per heavy atom. The molecule has 1 aromatic rings. The van der Waals surface area contributed by atoms with Crippen molar-refractivity contribution in [2.24, 2.45) is 11.8 Å². The zero-order valence-corrected chi connectivity index (χ0v) is 12.2. The fourth-order valence-corrected chi connectivity index (χ4v) is 3.18. The molecule has 1 N–H and O–H groups in total. The molecule has 0 saturated heterocycles. The van der Waals surface area contributed by atoms with Crippen LogP contribution in [0.25, 0.3) is 0 Å². The molecule has 4 atom stereocenters. The van der Waals surface area contributed by atoms with E-state index >= 15 is 0 Å². The molecule has 1 aliphatic carbocycles. The molecule has 1 aromatic heterocycles. The van der Waals surface area contributed by atoms with E-state index in [1.165, 1.54) is 31.5 Å². The van der Waals surface area contributed by atoms with Crippen molar-refractivity contribution < 1.29 is 4.39 Å². The highest BCUT2D eigenvalue weighted by Crippen LogP contribution is 2.30. The lowest BCUT2D eigenvalue weighted by Gasteiger charge is -2.35. The summed E-state index contributed by atoms with van der Waals surface area (Å²) in [7, 11) is 0. The van der Waals surface area contributed by atoms with Gasteiger partial charge in [0.05, 0.1) is 11.9 Å². The SMILES string of the molecule is CCC(NC1CCC(C)CC1C)c1ccc(F)cn1. The van der Waals surface area contributed by atoms with Crippen molar-refractivity contribution in [3.05, 3.63) is 29.8 Å². The molecule has 0 aromatic carbocycles. The second-order valence-electron chi connectivity index (χ2n) is 6.03. The lowest BCUT2D eigenvalue weighted by molar-refractivity contribution is 0.211. The second-order valence-corrected chi connectivity index (χ2v) is 6.03. The summed E-state index contributed by atoms with van der Waals surface area (Å²) in [5.41, 5.74) is 0.953. The average Bonchev–Trinajstić information content (AvgIpc) is 2.39. The number of nitrogens with zero attached hydrogens (tertiary/aromatic N) is 1. The molecule has 3 heteroatoms. The van der Waals surface area contributed by atoms with Crippen LogP contribution in [0.4, 0.5) is 4.39 Å². The quantitative estimate of drug-likeness (QED) is 0.886. The number of rotatable bonds is 4. The molecule has 1 saturated carbocycles. The smallest absolute Gasteiger partial charge is 0.141 e. The summed E-state index contributed by atoms with van der Waals surface area (Å²) >= 11 is 0. The highest BCUT2D eigenvalue weighted by Gasteiger charge is 2.27.